The number of benzene rings is 2. The normalized spacial score (nSPS) is 13.9. The molecular weight excluding hydrogens is 369 g/mol. The van der Waals surface area contributed by atoms with Crippen LogP contribution in [0, 0.1) is 19.7 Å². The molecule has 0 heterocycles. The SMILES string of the molecule is Cc1cccc(C)c1NC(=O)CNC(=O)CN(c1ccccc1F)C1CCCC1. The zero-order valence-electron chi connectivity index (χ0n) is 17.0. The molecule has 0 radical (unpaired) electrons. The Bertz CT molecular complexity index is 858. The Hall–Kier alpha value is -2.89. The van der Waals surface area contributed by atoms with Gasteiger partial charge in [-0.3, -0.25) is 9.59 Å². The van der Waals surface area contributed by atoms with Crippen molar-refractivity contribution in [3.63, 3.8) is 0 Å². The predicted octanol–water partition coefficient (Wildman–Crippen LogP) is 3.95. The molecule has 1 saturated carbocycles. The van der Waals surface area contributed by atoms with Crippen molar-refractivity contribution >= 4 is 23.2 Å². The first-order valence-electron chi connectivity index (χ1n) is 10.1. The molecule has 0 atom stereocenters. The van der Waals surface area contributed by atoms with Gasteiger partial charge in [-0.05, 0) is 49.9 Å². The Balaban J connectivity index is 1.60. The maximum atomic E-state index is 14.3. The number of hydrogen-bond acceptors (Lipinski definition) is 3. The molecule has 6 heteroatoms. The monoisotopic (exact) mass is 397 g/mol. The van der Waals surface area contributed by atoms with E-state index >= 15 is 0 Å². The van der Waals surface area contributed by atoms with Gasteiger partial charge in [0.2, 0.25) is 11.8 Å². The summed E-state index contributed by atoms with van der Waals surface area (Å²) in [6, 6.07) is 12.5. The average Bonchev–Trinajstić information content (AvgIpc) is 3.23. The predicted molar refractivity (Wildman–Crippen MR) is 114 cm³/mol. The van der Waals surface area contributed by atoms with Crippen LogP contribution in [0.5, 0.6) is 0 Å². The lowest BCUT2D eigenvalue weighted by atomic mass is 10.1. The van der Waals surface area contributed by atoms with Crippen LogP contribution in [0.1, 0.15) is 36.8 Å². The van der Waals surface area contributed by atoms with Gasteiger partial charge in [0.25, 0.3) is 0 Å². The van der Waals surface area contributed by atoms with Gasteiger partial charge in [-0.2, -0.15) is 0 Å². The van der Waals surface area contributed by atoms with E-state index in [-0.39, 0.29) is 36.8 Å². The summed E-state index contributed by atoms with van der Waals surface area (Å²) >= 11 is 0. The Kier molecular flexibility index (Phi) is 6.86. The lowest BCUT2D eigenvalue weighted by Crippen LogP contribution is -2.44. The Labute approximate surface area is 171 Å². The molecule has 0 aromatic heterocycles. The summed E-state index contributed by atoms with van der Waals surface area (Å²) in [5, 5.41) is 5.53. The highest BCUT2D eigenvalue weighted by Gasteiger charge is 2.26. The van der Waals surface area contributed by atoms with Gasteiger partial charge in [-0.15, -0.1) is 0 Å². The number of nitrogens with zero attached hydrogens (tertiary/aromatic N) is 1. The second-order valence-electron chi connectivity index (χ2n) is 7.61. The molecule has 5 nitrogen and oxygen atoms in total. The van der Waals surface area contributed by atoms with E-state index in [2.05, 4.69) is 10.6 Å². The van der Waals surface area contributed by atoms with Gasteiger partial charge in [0.1, 0.15) is 5.82 Å². The first kappa shape index (κ1) is 20.8. The van der Waals surface area contributed by atoms with E-state index in [4.69, 9.17) is 0 Å². The van der Waals surface area contributed by atoms with Crippen molar-refractivity contribution in [3.8, 4) is 0 Å². The quantitative estimate of drug-likeness (QED) is 0.744. The third-order valence-corrected chi connectivity index (χ3v) is 5.43. The third kappa shape index (κ3) is 5.34. The minimum atomic E-state index is -0.333. The molecule has 0 saturated heterocycles. The van der Waals surface area contributed by atoms with Gasteiger partial charge >= 0.3 is 0 Å². The first-order valence-corrected chi connectivity index (χ1v) is 10.1. The number of amides is 2. The number of aryl methyl sites for hydroxylation is 2. The Morgan fingerprint density at radius 3 is 2.31 bits per heavy atom. The molecule has 0 spiro atoms. The highest BCUT2D eigenvalue weighted by Crippen LogP contribution is 2.29. The number of para-hydroxylation sites is 2. The van der Waals surface area contributed by atoms with Crippen LogP contribution in [0.2, 0.25) is 0 Å². The van der Waals surface area contributed by atoms with Crippen LogP contribution < -0.4 is 15.5 Å². The highest BCUT2D eigenvalue weighted by atomic mass is 19.1. The second-order valence-corrected chi connectivity index (χ2v) is 7.61. The van der Waals surface area contributed by atoms with E-state index < -0.39 is 0 Å². The highest BCUT2D eigenvalue weighted by molar-refractivity contribution is 5.96. The zero-order valence-corrected chi connectivity index (χ0v) is 17.0. The first-order chi connectivity index (χ1) is 14.0. The van der Waals surface area contributed by atoms with Crippen molar-refractivity contribution in [2.75, 3.05) is 23.3 Å². The van der Waals surface area contributed by atoms with Crippen LogP contribution in [0.3, 0.4) is 0 Å². The minimum absolute atomic E-state index is 0.0300. The second kappa shape index (κ2) is 9.54. The lowest BCUT2D eigenvalue weighted by molar-refractivity contribution is -0.123. The molecule has 0 unspecified atom stereocenters. The smallest absolute Gasteiger partial charge is 0.243 e. The number of nitrogens with one attached hydrogen (secondary N) is 2. The molecule has 2 aromatic carbocycles. The Morgan fingerprint density at radius 2 is 1.66 bits per heavy atom. The van der Waals surface area contributed by atoms with Crippen LogP contribution in [0.25, 0.3) is 0 Å². The van der Waals surface area contributed by atoms with E-state index in [0.29, 0.717) is 5.69 Å². The summed E-state index contributed by atoms with van der Waals surface area (Å²) in [6.07, 6.45) is 4.04. The van der Waals surface area contributed by atoms with E-state index in [0.717, 1.165) is 42.5 Å². The van der Waals surface area contributed by atoms with Crippen molar-refractivity contribution < 1.29 is 14.0 Å². The van der Waals surface area contributed by atoms with Gasteiger partial charge < -0.3 is 15.5 Å². The average molecular weight is 397 g/mol. The number of carbonyl (C=O) groups is 2. The molecule has 2 N–H and O–H groups in total. The van der Waals surface area contributed by atoms with Crippen molar-refractivity contribution in [2.24, 2.45) is 0 Å². The van der Waals surface area contributed by atoms with Gasteiger partial charge in [-0.1, -0.05) is 43.2 Å². The minimum Gasteiger partial charge on any atom is -0.357 e. The van der Waals surface area contributed by atoms with Gasteiger partial charge in [0.05, 0.1) is 18.8 Å². The molecule has 29 heavy (non-hydrogen) atoms. The van der Waals surface area contributed by atoms with Gasteiger partial charge in [0.15, 0.2) is 0 Å². The summed E-state index contributed by atoms with van der Waals surface area (Å²) in [6.45, 7) is 3.76. The number of carbonyl (C=O) groups excluding carboxylic acids is 2. The van der Waals surface area contributed by atoms with Crippen LogP contribution in [0.15, 0.2) is 42.5 Å². The number of halogens is 1. The fourth-order valence-electron chi connectivity index (χ4n) is 3.90. The molecule has 154 valence electrons. The van der Waals surface area contributed by atoms with Crippen LogP contribution >= 0.6 is 0 Å². The molecular formula is C23H28FN3O2. The Morgan fingerprint density at radius 1 is 1.00 bits per heavy atom. The molecule has 3 rings (SSSR count). The fraction of sp³-hybridized carbons (Fsp3) is 0.391. The molecule has 1 aliphatic rings. The lowest BCUT2D eigenvalue weighted by Gasteiger charge is -2.30. The van der Waals surface area contributed by atoms with Crippen LogP contribution in [-0.4, -0.2) is 30.9 Å². The summed E-state index contributed by atoms with van der Waals surface area (Å²) < 4.78 is 14.3. The maximum absolute atomic E-state index is 14.3. The van der Waals surface area contributed by atoms with Crippen LogP contribution in [-0.2, 0) is 9.59 Å². The van der Waals surface area contributed by atoms with Crippen molar-refractivity contribution in [2.45, 2.75) is 45.6 Å². The standard InChI is InChI=1S/C23H28FN3O2/c1-16-8-7-9-17(2)23(16)26-21(28)14-25-22(29)15-27(18-10-3-4-11-18)20-13-6-5-12-19(20)24/h5-9,12-13,18H,3-4,10-11,14-15H2,1-2H3,(H,25,29)(H,26,28). The summed E-state index contributed by atoms with van der Waals surface area (Å²) in [7, 11) is 0. The maximum Gasteiger partial charge on any atom is 0.243 e. The summed E-state index contributed by atoms with van der Waals surface area (Å²) in [4.78, 5) is 26.7. The fourth-order valence-corrected chi connectivity index (χ4v) is 3.90. The summed E-state index contributed by atoms with van der Waals surface area (Å²) in [5.74, 6) is -0.911. The van der Waals surface area contributed by atoms with Crippen molar-refractivity contribution in [3.05, 3.63) is 59.4 Å². The molecule has 1 aliphatic carbocycles. The van der Waals surface area contributed by atoms with Gasteiger partial charge in [-0.25, -0.2) is 4.39 Å². The molecule has 0 bridgehead atoms. The largest absolute Gasteiger partial charge is 0.357 e. The van der Waals surface area contributed by atoms with Crippen molar-refractivity contribution in [1.82, 2.24) is 5.32 Å². The molecule has 0 aliphatic heterocycles. The van der Waals surface area contributed by atoms with E-state index in [1.807, 2.05) is 36.9 Å². The van der Waals surface area contributed by atoms with E-state index in [9.17, 15) is 14.0 Å². The molecule has 2 aromatic rings. The number of hydrogen-bond donors (Lipinski definition) is 2. The third-order valence-electron chi connectivity index (χ3n) is 5.43. The van der Waals surface area contributed by atoms with E-state index in [1.165, 1.54) is 6.07 Å². The molecule has 1 fully saturated rings. The van der Waals surface area contributed by atoms with Gasteiger partial charge in [0, 0.05) is 11.7 Å². The number of anilines is 2. The molecule has 2 amide bonds. The zero-order chi connectivity index (χ0) is 20.8. The van der Waals surface area contributed by atoms with Crippen LogP contribution in [0.4, 0.5) is 15.8 Å². The summed E-state index contributed by atoms with van der Waals surface area (Å²) in [5.41, 5.74) is 3.15. The topological polar surface area (TPSA) is 61.4 Å². The number of rotatable bonds is 7. The van der Waals surface area contributed by atoms with Crippen molar-refractivity contribution in [1.29, 1.82) is 0 Å². The van der Waals surface area contributed by atoms with E-state index in [1.54, 1.807) is 18.2 Å².